The van der Waals surface area contributed by atoms with Crippen LogP contribution in [0.2, 0.25) is 0 Å². The van der Waals surface area contributed by atoms with E-state index in [9.17, 15) is 0 Å². The molecule has 1 saturated heterocycles. The van der Waals surface area contributed by atoms with E-state index in [0.29, 0.717) is 0 Å². The van der Waals surface area contributed by atoms with Crippen LogP contribution in [-0.2, 0) is 4.74 Å². The van der Waals surface area contributed by atoms with E-state index in [4.69, 9.17) is 4.74 Å². The standard InChI is InChI=1S/C14H21NOS/c1-2-6-14(7-3-1)17-10-8-15-11-13-5-4-9-16-12-13/h1-3,6-7,13,15H,4-5,8-12H2. The lowest BCUT2D eigenvalue weighted by molar-refractivity contribution is 0.0551. The second-order valence-electron chi connectivity index (χ2n) is 4.45. The molecule has 0 radical (unpaired) electrons. The fourth-order valence-corrected chi connectivity index (χ4v) is 2.86. The molecule has 94 valence electrons. The van der Waals surface area contributed by atoms with Gasteiger partial charge in [-0.05, 0) is 30.9 Å². The van der Waals surface area contributed by atoms with Crippen molar-refractivity contribution in [2.45, 2.75) is 17.7 Å². The van der Waals surface area contributed by atoms with Gasteiger partial charge in [-0.3, -0.25) is 0 Å². The zero-order chi connectivity index (χ0) is 11.8. The lowest BCUT2D eigenvalue weighted by atomic mass is 10.0. The van der Waals surface area contributed by atoms with Gasteiger partial charge in [0.1, 0.15) is 0 Å². The number of thioether (sulfide) groups is 1. The van der Waals surface area contributed by atoms with Crippen molar-refractivity contribution in [3.63, 3.8) is 0 Å². The average Bonchev–Trinajstić information content (AvgIpc) is 2.41. The summed E-state index contributed by atoms with van der Waals surface area (Å²) in [5.74, 6) is 1.86. The average molecular weight is 251 g/mol. The van der Waals surface area contributed by atoms with Crippen LogP contribution in [0.1, 0.15) is 12.8 Å². The topological polar surface area (TPSA) is 21.3 Å². The van der Waals surface area contributed by atoms with E-state index in [1.54, 1.807) is 0 Å². The van der Waals surface area contributed by atoms with Gasteiger partial charge in [-0.15, -0.1) is 11.8 Å². The molecule has 2 nitrogen and oxygen atoms in total. The summed E-state index contributed by atoms with van der Waals surface area (Å²) in [6.45, 7) is 4.09. The third-order valence-corrected chi connectivity index (χ3v) is 3.99. The Kier molecular flexibility index (Phi) is 5.89. The number of ether oxygens (including phenoxy) is 1. The molecule has 1 atom stereocenters. The molecular formula is C14H21NOS. The molecule has 1 aliphatic rings. The minimum absolute atomic E-state index is 0.727. The number of hydrogen-bond donors (Lipinski definition) is 1. The summed E-state index contributed by atoms with van der Waals surface area (Å²) in [6.07, 6.45) is 2.55. The maximum Gasteiger partial charge on any atom is 0.0506 e. The molecule has 1 aromatic rings. The first-order valence-corrected chi connectivity index (χ1v) is 7.40. The predicted molar refractivity (Wildman–Crippen MR) is 73.6 cm³/mol. The van der Waals surface area contributed by atoms with Crippen molar-refractivity contribution in [3.05, 3.63) is 30.3 Å². The van der Waals surface area contributed by atoms with Gasteiger partial charge in [-0.25, -0.2) is 0 Å². The van der Waals surface area contributed by atoms with Gasteiger partial charge in [0.15, 0.2) is 0 Å². The normalized spacial score (nSPS) is 20.4. The van der Waals surface area contributed by atoms with Crippen molar-refractivity contribution in [1.82, 2.24) is 5.32 Å². The molecule has 1 heterocycles. The smallest absolute Gasteiger partial charge is 0.0506 e. The summed E-state index contributed by atoms with van der Waals surface area (Å²) in [6, 6.07) is 10.6. The number of benzene rings is 1. The second-order valence-corrected chi connectivity index (χ2v) is 5.62. The summed E-state index contributed by atoms with van der Waals surface area (Å²) in [7, 11) is 0. The van der Waals surface area contributed by atoms with Crippen LogP contribution in [0.4, 0.5) is 0 Å². The van der Waals surface area contributed by atoms with Gasteiger partial charge in [-0.2, -0.15) is 0 Å². The Hall–Kier alpha value is -0.510. The quantitative estimate of drug-likeness (QED) is 0.620. The van der Waals surface area contributed by atoms with E-state index in [0.717, 1.165) is 38.0 Å². The molecule has 0 aromatic heterocycles. The highest BCUT2D eigenvalue weighted by Crippen LogP contribution is 2.16. The fourth-order valence-electron chi connectivity index (χ4n) is 2.03. The van der Waals surface area contributed by atoms with Crippen LogP contribution in [0.3, 0.4) is 0 Å². The van der Waals surface area contributed by atoms with Crippen LogP contribution in [0, 0.1) is 5.92 Å². The lowest BCUT2D eigenvalue weighted by Gasteiger charge is -2.22. The first-order valence-electron chi connectivity index (χ1n) is 6.41. The van der Waals surface area contributed by atoms with Gasteiger partial charge in [0.2, 0.25) is 0 Å². The van der Waals surface area contributed by atoms with Gasteiger partial charge in [0.25, 0.3) is 0 Å². The molecule has 3 heteroatoms. The van der Waals surface area contributed by atoms with Crippen molar-refractivity contribution >= 4 is 11.8 Å². The van der Waals surface area contributed by atoms with Gasteiger partial charge in [-0.1, -0.05) is 18.2 Å². The molecule has 0 amide bonds. The SMILES string of the molecule is c1ccc(SCCNCC2CCCOC2)cc1. The molecule has 1 N–H and O–H groups in total. The Morgan fingerprint density at radius 2 is 2.18 bits per heavy atom. The van der Waals surface area contributed by atoms with Gasteiger partial charge in [0.05, 0.1) is 6.61 Å². The van der Waals surface area contributed by atoms with Crippen LogP contribution in [0.15, 0.2) is 35.2 Å². The Balaban J connectivity index is 1.51. The molecule has 2 rings (SSSR count). The van der Waals surface area contributed by atoms with Crippen molar-refractivity contribution in [2.75, 3.05) is 32.1 Å². The van der Waals surface area contributed by atoms with E-state index in [2.05, 4.69) is 35.6 Å². The maximum atomic E-state index is 5.46. The molecule has 0 aliphatic carbocycles. The highest BCUT2D eigenvalue weighted by Gasteiger charge is 2.12. The molecule has 1 fully saturated rings. The Morgan fingerprint density at radius 1 is 1.29 bits per heavy atom. The zero-order valence-electron chi connectivity index (χ0n) is 10.2. The van der Waals surface area contributed by atoms with Gasteiger partial charge >= 0.3 is 0 Å². The zero-order valence-corrected chi connectivity index (χ0v) is 11.0. The summed E-state index contributed by atoms with van der Waals surface area (Å²) < 4.78 is 5.46. The van der Waals surface area contributed by atoms with Crippen molar-refractivity contribution in [1.29, 1.82) is 0 Å². The van der Waals surface area contributed by atoms with Crippen LogP contribution in [0.5, 0.6) is 0 Å². The summed E-state index contributed by atoms with van der Waals surface area (Å²) in [5.41, 5.74) is 0. The summed E-state index contributed by atoms with van der Waals surface area (Å²) in [4.78, 5) is 1.36. The third kappa shape index (κ3) is 5.11. The Morgan fingerprint density at radius 3 is 2.94 bits per heavy atom. The minimum Gasteiger partial charge on any atom is -0.381 e. The molecule has 1 aromatic carbocycles. The van der Waals surface area contributed by atoms with Gasteiger partial charge < -0.3 is 10.1 Å². The van der Waals surface area contributed by atoms with E-state index >= 15 is 0 Å². The molecule has 0 saturated carbocycles. The molecule has 1 aliphatic heterocycles. The van der Waals surface area contributed by atoms with Crippen molar-refractivity contribution < 1.29 is 4.74 Å². The van der Waals surface area contributed by atoms with E-state index in [1.807, 2.05) is 11.8 Å². The highest BCUT2D eigenvalue weighted by molar-refractivity contribution is 7.99. The molecule has 0 spiro atoms. The van der Waals surface area contributed by atoms with Crippen LogP contribution in [0.25, 0.3) is 0 Å². The highest BCUT2D eigenvalue weighted by atomic mass is 32.2. The maximum absolute atomic E-state index is 5.46. The van der Waals surface area contributed by atoms with E-state index < -0.39 is 0 Å². The monoisotopic (exact) mass is 251 g/mol. The molecule has 1 unspecified atom stereocenters. The second kappa shape index (κ2) is 7.75. The summed E-state index contributed by atoms with van der Waals surface area (Å²) in [5, 5.41) is 3.52. The van der Waals surface area contributed by atoms with Crippen LogP contribution in [-0.4, -0.2) is 32.1 Å². The van der Waals surface area contributed by atoms with Crippen LogP contribution < -0.4 is 5.32 Å². The van der Waals surface area contributed by atoms with Crippen molar-refractivity contribution in [2.24, 2.45) is 5.92 Å². The fraction of sp³-hybridized carbons (Fsp3) is 0.571. The van der Waals surface area contributed by atoms with Crippen molar-refractivity contribution in [3.8, 4) is 0 Å². The number of nitrogens with one attached hydrogen (secondary N) is 1. The third-order valence-electron chi connectivity index (χ3n) is 2.98. The first-order chi connectivity index (χ1) is 8.45. The summed E-state index contributed by atoms with van der Waals surface area (Å²) >= 11 is 1.91. The Bertz CT molecular complexity index is 298. The van der Waals surface area contributed by atoms with Gasteiger partial charge in [0, 0.05) is 30.3 Å². The number of rotatable bonds is 6. The molecule has 0 bridgehead atoms. The minimum atomic E-state index is 0.727. The van der Waals surface area contributed by atoms with E-state index in [1.165, 1.54) is 17.7 Å². The van der Waals surface area contributed by atoms with E-state index in [-0.39, 0.29) is 0 Å². The van der Waals surface area contributed by atoms with Crippen LogP contribution >= 0.6 is 11.8 Å². The largest absolute Gasteiger partial charge is 0.381 e. The lowest BCUT2D eigenvalue weighted by Crippen LogP contribution is -2.30. The predicted octanol–water partition coefficient (Wildman–Crippen LogP) is 2.79. The molecular weight excluding hydrogens is 230 g/mol. The molecule has 17 heavy (non-hydrogen) atoms. The number of hydrogen-bond acceptors (Lipinski definition) is 3. The Labute approximate surface area is 108 Å². The first kappa shape index (κ1) is 12.9.